The van der Waals surface area contributed by atoms with Gasteiger partial charge in [0.15, 0.2) is 0 Å². The number of nitrogens with two attached hydrogens (primary N) is 2. The van der Waals surface area contributed by atoms with Gasteiger partial charge in [0.2, 0.25) is 10.0 Å². The number of carbonyl (C=O) groups excluding carboxylic acids is 1. The fraction of sp³-hybridized carbons (Fsp3) is 0. The Morgan fingerprint density at radius 2 is 1.65 bits per heavy atom. The van der Waals surface area contributed by atoms with Crippen LogP contribution in [0.2, 0.25) is 0 Å². The highest BCUT2D eigenvalue weighted by atomic mass is 32.2. The molecule has 34 heavy (non-hydrogen) atoms. The van der Waals surface area contributed by atoms with Crippen molar-refractivity contribution in [3.05, 3.63) is 96.6 Å². The van der Waals surface area contributed by atoms with Crippen molar-refractivity contribution in [3.63, 3.8) is 0 Å². The van der Waals surface area contributed by atoms with Crippen LogP contribution in [0.5, 0.6) is 0 Å². The molecule has 10 heteroatoms. The van der Waals surface area contributed by atoms with E-state index in [1.54, 1.807) is 66.7 Å². The van der Waals surface area contributed by atoms with Crippen molar-refractivity contribution in [3.8, 4) is 22.3 Å². The van der Waals surface area contributed by atoms with E-state index in [9.17, 15) is 13.2 Å². The van der Waals surface area contributed by atoms with Gasteiger partial charge in [-0.25, -0.2) is 23.5 Å². The fourth-order valence-electron chi connectivity index (χ4n) is 3.45. The predicted molar refractivity (Wildman–Crippen MR) is 130 cm³/mol. The summed E-state index contributed by atoms with van der Waals surface area (Å²) in [5.41, 5.74) is 8.97. The topological polar surface area (TPSA) is 165 Å². The zero-order chi connectivity index (χ0) is 24.3. The van der Waals surface area contributed by atoms with Crippen LogP contribution in [0.1, 0.15) is 16.1 Å². The number of aromatic nitrogens is 2. The van der Waals surface area contributed by atoms with Crippen molar-refractivity contribution in [2.75, 3.05) is 5.32 Å². The average molecular weight is 473 g/mol. The molecular weight excluding hydrogens is 452 g/mol. The fourth-order valence-corrected chi connectivity index (χ4v) is 4.21. The molecule has 0 spiro atoms. The summed E-state index contributed by atoms with van der Waals surface area (Å²) in [6.07, 6.45) is 2.80. The minimum absolute atomic E-state index is 0.0187. The van der Waals surface area contributed by atoms with Crippen LogP contribution in [0.3, 0.4) is 0 Å². The van der Waals surface area contributed by atoms with Gasteiger partial charge in [-0.3, -0.25) is 10.2 Å². The number of benzene rings is 3. The molecule has 0 bridgehead atoms. The lowest BCUT2D eigenvalue weighted by molar-refractivity contribution is 0.102. The van der Waals surface area contributed by atoms with Crippen molar-refractivity contribution in [2.45, 2.75) is 4.90 Å². The Morgan fingerprint density at radius 1 is 0.912 bits per heavy atom. The lowest BCUT2D eigenvalue weighted by atomic mass is 10.0. The Hall–Kier alpha value is -4.41. The summed E-state index contributed by atoms with van der Waals surface area (Å²) in [5, 5.41) is 15.8. The molecule has 4 rings (SSSR count). The summed E-state index contributed by atoms with van der Waals surface area (Å²) in [6.45, 7) is 0. The maximum absolute atomic E-state index is 13.0. The second-order valence-electron chi connectivity index (χ2n) is 7.35. The van der Waals surface area contributed by atoms with Crippen LogP contribution in [0.15, 0.2) is 90.2 Å². The molecule has 0 unspecified atom stereocenters. The Kier molecular flexibility index (Phi) is 6.17. The van der Waals surface area contributed by atoms with Gasteiger partial charge in [-0.05, 0) is 35.4 Å². The third kappa shape index (κ3) is 4.82. The Labute approximate surface area is 196 Å². The van der Waals surface area contributed by atoms with E-state index in [1.807, 2.05) is 0 Å². The first-order valence-corrected chi connectivity index (χ1v) is 11.6. The minimum Gasteiger partial charge on any atom is -0.384 e. The summed E-state index contributed by atoms with van der Waals surface area (Å²) in [7, 11) is -3.89. The van der Waals surface area contributed by atoms with Crippen LogP contribution in [0, 0.1) is 5.41 Å². The van der Waals surface area contributed by atoms with E-state index in [2.05, 4.69) is 15.3 Å². The molecule has 1 amide bonds. The van der Waals surface area contributed by atoms with Crippen LogP contribution >= 0.6 is 0 Å². The van der Waals surface area contributed by atoms with Gasteiger partial charge in [0.25, 0.3) is 5.91 Å². The summed E-state index contributed by atoms with van der Waals surface area (Å²) in [6, 6.07) is 20.0. The van der Waals surface area contributed by atoms with Gasteiger partial charge in [0.05, 0.1) is 4.90 Å². The number of hydrogen-bond acceptors (Lipinski definition) is 6. The quantitative estimate of drug-likeness (QED) is 0.249. The molecule has 0 aliphatic carbocycles. The van der Waals surface area contributed by atoms with Crippen LogP contribution in [-0.4, -0.2) is 30.1 Å². The molecule has 4 aromatic rings. The van der Waals surface area contributed by atoms with E-state index in [1.165, 1.54) is 18.6 Å². The number of amidine groups is 1. The number of nitrogens with zero attached hydrogens (tertiary/aromatic N) is 2. The third-order valence-corrected chi connectivity index (χ3v) is 6.03. The Balaban J connectivity index is 1.61. The second kappa shape index (κ2) is 9.22. The Bertz CT molecular complexity index is 1500. The van der Waals surface area contributed by atoms with E-state index < -0.39 is 15.9 Å². The molecule has 170 valence electrons. The number of anilines is 1. The summed E-state index contributed by atoms with van der Waals surface area (Å²) in [4.78, 5) is 21.2. The van der Waals surface area contributed by atoms with E-state index in [0.717, 1.165) is 0 Å². The van der Waals surface area contributed by atoms with Crippen LogP contribution in [0.25, 0.3) is 22.3 Å². The second-order valence-corrected chi connectivity index (χ2v) is 8.88. The van der Waals surface area contributed by atoms with Gasteiger partial charge in [-0.2, -0.15) is 0 Å². The molecule has 1 heterocycles. The van der Waals surface area contributed by atoms with Crippen molar-refractivity contribution >= 4 is 27.5 Å². The average Bonchev–Trinajstić information content (AvgIpc) is 2.84. The molecular formula is C24H20N6O3S. The largest absolute Gasteiger partial charge is 0.384 e. The molecule has 0 aliphatic heterocycles. The number of nitrogen functional groups attached to an aromatic ring is 1. The lowest BCUT2D eigenvalue weighted by Crippen LogP contribution is -2.16. The molecule has 3 aromatic carbocycles. The van der Waals surface area contributed by atoms with E-state index >= 15 is 0 Å². The monoisotopic (exact) mass is 472 g/mol. The van der Waals surface area contributed by atoms with E-state index in [0.29, 0.717) is 33.5 Å². The highest BCUT2D eigenvalue weighted by molar-refractivity contribution is 7.89. The number of nitrogens with one attached hydrogen (secondary N) is 2. The summed E-state index contributed by atoms with van der Waals surface area (Å²) < 4.78 is 23.8. The minimum atomic E-state index is -3.89. The Morgan fingerprint density at radius 3 is 2.35 bits per heavy atom. The summed E-state index contributed by atoms with van der Waals surface area (Å²) in [5.74, 6) is -0.544. The zero-order valence-corrected chi connectivity index (χ0v) is 18.6. The van der Waals surface area contributed by atoms with Gasteiger partial charge in [0.1, 0.15) is 17.9 Å². The highest BCUT2D eigenvalue weighted by Crippen LogP contribution is 2.28. The SMILES string of the molecule is N=C(N)c1cccc(-c2cncnc2C(=O)Nc2ccc(-c3ccccc3S(N)(=O)=O)cc2)c1. The molecule has 0 radical (unpaired) electrons. The first kappa shape index (κ1) is 22.8. The van der Waals surface area contributed by atoms with Gasteiger partial charge in [-0.15, -0.1) is 0 Å². The zero-order valence-electron chi connectivity index (χ0n) is 17.8. The number of primary sulfonamides is 1. The molecule has 0 saturated carbocycles. The number of carbonyl (C=O) groups is 1. The number of rotatable bonds is 6. The van der Waals surface area contributed by atoms with E-state index in [-0.39, 0.29) is 16.4 Å². The number of amides is 1. The van der Waals surface area contributed by atoms with Crippen LogP contribution in [0.4, 0.5) is 5.69 Å². The predicted octanol–water partition coefficient (Wildman–Crippen LogP) is 2.99. The molecule has 6 N–H and O–H groups in total. The van der Waals surface area contributed by atoms with Crippen molar-refractivity contribution in [1.29, 1.82) is 5.41 Å². The molecule has 0 fully saturated rings. The van der Waals surface area contributed by atoms with Crippen molar-refractivity contribution in [2.24, 2.45) is 10.9 Å². The molecule has 0 aliphatic rings. The van der Waals surface area contributed by atoms with Crippen molar-refractivity contribution in [1.82, 2.24) is 9.97 Å². The maximum atomic E-state index is 13.0. The smallest absolute Gasteiger partial charge is 0.275 e. The van der Waals surface area contributed by atoms with Gasteiger partial charge in [0, 0.05) is 28.6 Å². The van der Waals surface area contributed by atoms with Crippen molar-refractivity contribution < 1.29 is 13.2 Å². The van der Waals surface area contributed by atoms with Gasteiger partial charge < -0.3 is 11.1 Å². The maximum Gasteiger partial charge on any atom is 0.275 e. The first-order valence-electron chi connectivity index (χ1n) is 10.0. The van der Waals surface area contributed by atoms with Crippen LogP contribution in [-0.2, 0) is 10.0 Å². The molecule has 0 saturated heterocycles. The number of sulfonamides is 1. The third-order valence-electron chi connectivity index (χ3n) is 5.06. The lowest BCUT2D eigenvalue weighted by Gasteiger charge is -2.11. The molecule has 9 nitrogen and oxygen atoms in total. The first-order chi connectivity index (χ1) is 16.2. The van der Waals surface area contributed by atoms with Gasteiger partial charge in [-0.1, -0.05) is 48.5 Å². The molecule has 1 aromatic heterocycles. The standard InChI is InChI=1S/C24H20N6O3S/c25-23(26)17-5-3-4-16(12-17)20-13-28-14-29-22(20)24(31)30-18-10-8-15(9-11-18)19-6-1-2-7-21(19)34(27,32)33/h1-14H,(H3,25,26)(H,30,31)(H2,27,32,33). The van der Waals surface area contributed by atoms with Crippen LogP contribution < -0.4 is 16.2 Å². The molecule has 0 atom stereocenters. The number of hydrogen-bond donors (Lipinski definition) is 4. The van der Waals surface area contributed by atoms with Gasteiger partial charge >= 0.3 is 0 Å². The highest BCUT2D eigenvalue weighted by Gasteiger charge is 2.17. The normalized spacial score (nSPS) is 11.1. The summed E-state index contributed by atoms with van der Waals surface area (Å²) >= 11 is 0. The van der Waals surface area contributed by atoms with E-state index in [4.69, 9.17) is 16.3 Å².